The molecule has 4 heteroatoms. The lowest BCUT2D eigenvalue weighted by atomic mass is 10.8. The number of hydrogen-bond donors (Lipinski definition) is 0. The second-order valence-electron chi connectivity index (χ2n) is 1.11. The standard InChI is InChI=1S/C3H4N2O2/c1-2-4-3(6)7-5-2/h1H3,(H,4,5,6)/p-1. The van der Waals surface area contributed by atoms with Gasteiger partial charge in [0.05, 0.1) is 0 Å². The van der Waals surface area contributed by atoms with Gasteiger partial charge in [0.1, 0.15) is 5.82 Å². The highest BCUT2D eigenvalue weighted by atomic mass is 16.6. The largest absolute Gasteiger partial charge is 0.528 e. The molecule has 0 saturated heterocycles. The Hall–Kier alpha value is -1.06. The molecule has 0 aliphatic heterocycles. The molecule has 0 fully saturated rings. The van der Waals surface area contributed by atoms with Crippen molar-refractivity contribution >= 4 is 0 Å². The van der Waals surface area contributed by atoms with Gasteiger partial charge in [-0.25, -0.2) is 4.98 Å². The van der Waals surface area contributed by atoms with E-state index in [1.54, 1.807) is 6.92 Å². The highest BCUT2D eigenvalue weighted by molar-refractivity contribution is 4.81. The van der Waals surface area contributed by atoms with Gasteiger partial charge in [-0.05, 0) is 6.92 Å². The summed E-state index contributed by atoms with van der Waals surface area (Å²) in [6.45, 7) is 1.59. The van der Waals surface area contributed by atoms with E-state index in [-0.39, 0.29) is 0 Å². The van der Waals surface area contributed by atoms with Crippen molar-refractivity contribution in [1.29, 1.82) is 0 Å². The van der Waals surface area contributed by atoms with E-state index in [2.05, 4.69) is 14.7 Å². The van der Waals surface area contributed by atoms with Gasteiger partial charge in [-0.3, -0.25) is 0 Å². The summed E-state index contributed by atoms with van der Waals surface area (Å²) in [4.78, 5) is 3.28. The lowest BCUT2D eigenvalue weighted by Crippen LogP contribution is -1.87. The molecule has 1 rings (SSSR count). The van der Waals surface area contributed by atoms with Gasteiger partial charge in [0, 0.05) is 0 Å². The third kappa shape index (κ3) is 0.677. The summed E-state index contributed by atoms with van der Waals surface area (Å²) < 4.78 is 4.05. The Bertz CT molecular complexity index is 143. The molecule has 0 unspecified atom stereocenters. The van der Waals surface area contributed by atoms with Crippen LogP contribution in [0.4, 0.5) is 0 Å². The average molecular weight is 99.1 g/mol. The van der Waals surface area contributed by atoms with Crippen LogP contribution >= 0.6 is 0 Å². The van der Waals surface area contributed by atoms with Crippen LogP contribution in [-0.2, 0) is 0 Å². The van der Waals surface area contributed by atoms with Crippen molar-refractivity contribution in [3.63, 3.8) is 0 Å². The first-order valence-corrected chi connectivity index (χ1v) is 1.76. The molecule has 0 atom stereocenters. The molecule has 0 bridgehead atoms. The van der Waals surface area contributed by atoms with Crippen molar-refractivity contribution in [1.82, 2.24) is 10.1 Å². The minimum Gasteiger partial charge on any atom is -0.528 e. The fraction of sp³-hybridized carbons (Fsp3) is 0.333. The number of aromatic nitrogens is 2. The van der Waals surface area contributed by atoms with Crippen LogP contribution in [0.15, 0.2) is 4.52 Å². The third-order valence-electron chi connectivity index (χ3n) is 0.509. The monoisotopic (exact) mass is 99.0 g/mol. The fourth-order valence-corrected chi connectivity index (χ4v) is 0.278. The predicted molar refractivity (Wildman–Crippen MR) is 18.5 cm³/mol. The highest BCUT2D eigenvalue weighted by Crippen LogP contribution is 1.94. The van der Waals surface area contributed by atoms with E-state index in [1.807, 2.05) is 0 Å². The van der Waals surface area contributed by atoms with E-state index in [1.165, 1.54) is 0 Å². The Morgan fingerprint density at radius 1 is 1.71 bits per heavy atom. The van der Waals surface area contributed by atoms with E-state index >= 15 is 0 Å². The molecule has 1 aromatic rings. The van der Waals surface area contributed by atoms with E-state index in [9.17, 15) is 5.11 Å². The molecule has 0 radical (unpaired) electrons. The summed E-state index contributed by atoms with van der Waals surface area (Å²) in [6.07, 6.45) is -0.627. The number of hydrogen-bond acceptors (Lipinski definition) is 4. The highest BCUT2D eigenvalue weighted by Gasteiger charge is 1.82. The summed E-state index contributed by atoms with van der Waals surface area (Å²) in [5.74, 6) is 0.380. The second-order valence-corrected chi connectivity index (χ2v) is 1.11. The van der Waals surface area contributed by atoms with Crippen LogP contribution in [-0.4, -0.2) is 10.1 Å². The Morgan fingerprint density at radius 2 is 2.43 bits per heavy atom. The maximum atomic E-state index is 9.95. The molecular formula is C3H3N2O2-. The molecule has 0 N–H and O–H groups in total. The average Bonchev–Trinajstić information content (AvgIpc) is 1.87. The summed E-state index contributed by atoms with van der Waals surface area (Å²) >= 11 is 0. The Morgan fingerprint density at radius 3 is 2.57 bits per heavy atom. The SMILES string of the molecule is Cc1noc([O-])n1. The molecule has 0 aromatic carbocycles. The van der Waals surface area contributed by atoms with E-state index in [4.69, 9.17) is 0 Å². The van der Waals surface area contributed by atoms with Crippen molar-refractivity contribution < 1.29 is 9.63 Å². The Balaban J connectivity index is 3.04. The molecule has 4 nitrogen and oxygen atoms in total. The normalized spacial score (nSPS) is 9.29. The first kappa shape index (κ1) is 4.11. The molecule has 0 aliphatic carbocycles. The predicted octanol–water partition coefficient (Wildman–Crippen LogP) is -0.548. The van der Waals surface area contributed by atoms with Crippen molar-refractivity contribution in [3.8, 4) is 6.08 Å². The van der Waals surface area contributed by atoms with Crippen molar-refractivity contribution in [2.45, 2.75) is 6.92 Å². The lowest BCUT2D eigenvalue weighted by molar-refractivity contribution is -0.303. The van der Waals surface area contributed by atoms with Crippen LogP contribution < -0.4 is 5.11 Å². The van der Waals surface area contributed by atoms with Crippen LogP contribution in [0.1, 0.15) is 5.82 Å². The van der Waals surface area contributed by atoms with E-state index < -0.39 is 6.08 Å². The summed E-state index contributed by atoms with van der Waals surface area (Å²) in [5.41, 5.74) is 0. The van der Waals surface area contributed by atoms with Crippen LogP contribution in [0.5, 0.6) is 6.08 Å². The van der Waals surface area contributed by atoms with Crippen LogP contribution in [0.3, 0.4) is 0 Å². The Kier molecular flexibility index (Phi) is 0.714. The van der Waals surface area contributed by atoms with Gasteiger partial charge in [0.25, 0.3) is 0 Å². The minimum absolute atomic E-state index is 0.380. The molecule has 7 heavy (non-hydrogen) atoms. The number of nitrogens with zero attached hydrogens (tertiary/aromatic N) is 2. The quantitative estimate of drug-likeness (QED) is 0.438. The molecular weight excluding hydrogens is 96.0 g/mol. The lowest BCUT2D eigenvalue weighted by Gasteiger charge is -1.79. The zero-order valence-corrected chi connectivity index (χ0v) is 3.71. The van der Waals surface area contributed by atoms with Gasteiger partial charge in [0.2, 0.25) is 0 Å². The fourth-order valence-electron chi connectivity index (χ4n) is 0.278. The number of aryl methyl sites for hydroxylation is 1. The molecule has 38 valence electrons. The number of rotatable bonds is 0. The van der Waals surface area contributed by atoms with E-state index in [0.29, 0.717) is 5.82 Å². The zero-order chi connectivity index (χ0) is 5.28. The third-order valence-corrected chi connectivity index (χ3v) is 0.509. The first-order chi connectivity index (χ1) is 3.29. The molecule has 0 saturated carbocycles. The second kappa shape index (κ2) is 1.22. The van der Waals surface area contributed by atoms with Gasteiger partial charge < -0.3 is 9.63 Å². The van der Waals surface area contributed by atoms with Crippen molar-refractivity contribution in [2.75, 3.05) is 0 Å². The zero-order valence-electron chi connectivity index (χ0n) is 3.71. The van der Waals surface area contributed by atoms with Crippen molar-refractivity contribution in [3.05, 3.63) is 5.82 Å². The van der Waals surface area contributed by atoms with Gasteiger partial charge in [-0.1, -0.05) is 0 Å². The molecule has 1 aromatic heterocycles. The van der Waals surface area contributed by atoms with Crippen LogP contribution in [0, 0.1) is 6.92 Å². The topological polar surface area (TPSA) is 62.0 Å². The minimum atomic E-state index is -0.627. The van der Waals surface area contributed by atoms with Crippen molar-refractivity contribution in [2.24, 2.45) is 0 Å². The molecule has 0 aliphatic rings. The van der Waals surface area contributed by atoms with E-state index in [0.717, 1.165) is 0 Å². The van der Waals surface area contributed by atoms with Gasteiger partial charge in [0.15, 0.2) is 6.08 Å². The first-order valence-electron chi connectivity index (χ1n) is 1.76. The summed E-state index contributed by atoms with van der Waals surface area (Å²) in [7, 11) is 0. The molecule has 1 heterocycles. The van der Waals surface area contributed by atoms with Crippen LogP contribution in [0.25, 0.3) is 0 Å². The maximum absolute atomic E-state index is 9.95. The smallest absolute Gasteiger partial charge is 0.171 e. The summed E-state index contributed by atoms with van der Waals surface area (Å²) in [6, 6.07) is 0. The molecule has 0 amide bonds. The van der Waals surface area contributed by atoms with Gasteiger partial charge in [-0.2, -0.15) is 5.16 Å². The molecule has 0 spiro atoms. The van der Waals surface area contributed by atoms with Gasteiger partial charge in [-0.15, -0.1) is 0 Å². The van der Waals surface area contributed by atoms with Crippen LogP contribution in [0.2, 0.25) is 0 Å². The Labute approximate surface area is 39.8 Å². The summed E-state index contributed by atoms with van der Waals surface area (Å²) in [5, 5.41) is 13.2. The maximum Gasteiger partial charge on any atom is 0.171 e. The van der Waals surface area contributed by atoms with Gasteiger partial charge >= 0.3 is 0 Å².